The zero-order valence-corrected chi connectivity index (χ0v) is 5.79. The Labute approximate surface area is 61.9 Å². The van der Waals surface area contributed by atoms with E-state index in [0.29, 0.717) is 0 Å². The Hall–Kier alpha value is -0.580. The molecule has 0 rings (SSSR count). The van der Waals surface area contributed by atoms with Crippen molar-refractivity contribution in [1.82, 2.24) is 0 Å². The van der Waals surface area contributed by atoms with Crippen LogP contribution in [0.15, 0.2) is 12.2 Å². The fraction of sp³-hybridized carbons (Fsp3) is 0.667. The molecule has 0 spiro atoms. The molecule has 1 nitrogen and oxygen atoms in total. The van der Waals surface area contributed by atoms with Gasteiger partial charge in [-0.2, -0.15) is 13.2 Å². The first-order chi connectivity index (χ1) is 4.89. The van der Waals surface area contributed by atoms with Crippen molar-refractivity contribution in [3.8, 4) is 0 Å². The van der Waals surface area contributed by atoms with Gasteiger partial charge in [-0.3, -0.25) is 0 Å². The van der Waals surface area contributed by atoms with E-state index in [1.165, 1.54) is 0 Å². The summed E-state index contributed by atoms with van der Waals surface area (Å²) in [7, 11) is 0. The Bertz CT molecular complexity index is 140. The predicted molar refractivity (Wildman–Crippen MR) is 33.8 cm³/mol. The lowest BCUT2D eigenvalue weighted by molar-refractivity contribution is -0.169. The van der Waals surface area contributed by atoms with Crippen LogP contribution in [-0.4, -0.2) is 18.9 Å². The van der Waals surface area contributed by atoms with Crippen LogP contribution in [0.1, 0.15) is 6.42 Å². The van der Waals surface area contributed by atoms with Gasteiger partial charge in [-0.05, 0) is 18.5 Å². The molecular formula is C6H9F4N. The number of alkyl halides is 4. The molecular weight excluding hydrogens is 162 g/mol. The van der Waals surface area contributed by atoms with E-state index < -0.39 is 17.9 Å². The van der Waals surface area contributed by atoms with Gasteiger partial charge in [-0.1, -0.05) is 6.58 Å². The molecule has 1 atom stereocenters. The third kappa shape index (κ3) is 3.36. The summed E-state index contributed by atoms with van der Waals surface area (Å²) < 4.78 is 46.8. The summed E-state index contributed by atoms with van der Waals surface area (Å²) in [5.74, 6) is 0. The van der Waals surface area contributed by atoms with Gasteiger partial charge in [-0.15, -0.1) is 0 Å². The third-order valence-corrected chi connectivity index (χ3v) is 1.11. The zero-order chi connectivity index (χ0) is 9.07. The van der Waals surface area contributed by atoms with Crippen molar-refractivity contribution >= 4 is 0 Å². The molecule has 0 heterocycles. The molecule has 0 radical (unpaired) electrons. The van der Waals surface area contributed by atoms with E-state index in [9.17, 15) is 17.6 Å². The minimum absolute atomic E-state index is 0.0185. The summed E-state index contributed by atoms with van der Waals surface area (Å²) >= 11 is 0. The number of nitrogens with two attached hydrogens (primary N) is 1. The standard InChI is InChI=1S/C6H9F4N/c1-4(2-3-11)5(7)6(8,9)10/h5H,1-3,11H2. The van der Waals surface area contributed by atoms with Gasteiger partial charge in [0.05, 0.1) is 0 Å². The predicted octanol–water partition coefficient (Wildman–Crippen LogP) is 1.79. The van der Waals surface area contributed by atoms with E-state index in [1.54, 1.807) is 0 Å². The lowest BCUT2D eigenvalue weighted by atomic mass is 10.1. The molecule has 1 unspecified atom stereocenters. The van der Waals surface area contributed by atoms with Crippen molar-refractivity contribution in [3.05, 3.63) is 12.2 Å². The first-order valence-corrected chi connectivity index (χ1v) is 2.98. The Morgan fingerprint density at radius 2 is 1.91 bits per heavy atom. The second-order valence-electron chi connectivity index (χ2n) is 2.10. The molecule has 0 aromatic rings. The van der Waals surface area contributed by atoms with E-state index in [0.717, 1.165) is 0 Å². The summed E-state index contributed by atoms with van der Waals surface area (Å²) in [4.78, 5) is 0. The minimum atomic E-state index is -4.84. The average molecular weight is 171 g/mol. The van der Waals surface area contributed by atoms with E-state index in [2.05, 4.69) is 6.58 Å². The highest BCUT2D eigenvalue weighted by atomic mass is 19.4. The monoisotopic (exact) mass is 171 g/mol. The van der Waals surface area contributed by atoms with E-state index in [-0.39, 0.29) is 13.0 Å². The van der Waals surface area contributed by atoms with Crippen LogP contribution in [0.4, 0.5) is 17.6 Å². The number of hydrogen-bond acceptors (Lipinski definition) is 1. The number of rotatable bonds is 3. The van der Waals surface area contributed by atoms with Crippen LogP contribution in [0.5, 0.6) is 0 Å². The zero-order valence-electron chi connectivity index (χ0n) is 5.79. The van der Waals surface area contributed by atoms with Crippen LogP contribution < -0.4 is 5.73 Å². The lowest BCUT2D eigenvalue weighted by Crippen LogP contribution is -2.26. The van der Waals surface area contributed by atoms with Crippen molar-refractivity contribution in [2.24, 2.45) is 5.73 Å². The molecule has 0 bridgehead atoms. The first kappa shape index (κ1) is 10.4. The molecule has 0 fully saturated rings. The molecule has 0 aliphatic rings. The number of halogens is 4. The summed E-state index contributed by atoms with van der Waals surface area (Å²) in [5, 5.41) is 0. The van der Waals surface area contributed by atoms with Crippen molar-refractivity contribution in [3.63, 3.8) is 0 Å². The summed E-state index contributed by atoms with van der Waals surface area (Å²) in [6.07, 6.45) is -7.92. The molecule has 0 saturated heterocycles. The smallest absolute Gasteiger partial charge is 0.330 e. The molecule has 11 heavy (non-hydrogen) atoms. The molecule has 2 N–H and O–H groups in total. The molecule has 66 valence electrons. The van der Waals surface area contributed by atoms with Crippen LogP contribution in [0.25, 0.3) is 0 Å². The third-order valence-electron chi connectivity index (χ3n) is 1.11. The van der Waals surface area contributed by atoms with Crippen molar-refractivity contribution in [2.75, 3.05) is 6.54 Å². The molecule has 0 aliphatic carbocycles. The fourth-order valence-electron chi connectivity index (χ4n) is 0.544. The van der Waals surface area contributed by atoms with Gasteiger partial charge in [0.1, 0.15) is 0 Å². The van der Waals surface area contributed by atoms with E-state index in [4.69, 9.17) is 5.73 Å². The highest BCUT2D eigenvalue weighted by Crippen LogP contribution is 2.28. The number of hydrogen-bond donors (Lipinski definition) is 1. The molecule has 0 aliphatic heterocycles. The first-order valence-electron chi connectivity index (χ1n) is 2.98. The van der Waals surface area contributed by atoms with Gasteiger partial charge in [0.15, 0.2) is 0 Å². The van der Waals surface area contributed by atoms with Crippen molar-refractivity contribution in [2.45, 2.75) is 18.8 Å². The van der Waals surface area contributed by atoms with Crippen LogP contribution in [0.3, 0.4) is 0 Å². The molecule has 5 heteroatoms. The second-order valence-corrected chi connectivity index (χ2v) is 2.10. The van der Waals surface area contributed by atoms with Gasteiger partial charge >= 0.3 is 6.18 Å². The molecule has 0 amide bonds. The van der Waals surface area contributed by atoms with Gasteiger partial charge in [0, 0.05) is 0 Å². The summed E-state index contributed by atoms with van der Waals surface area (Å²) in [6.45, 7) is 2.92. The normalized spacial score (nSPS) is 14.6. The van der Waals surface area contributed by atoms with Crippen LogP contribution >= 0.6 is 0 Å². The molecule has 0 saturated carbocycles. The highest BCUT2D eigenvalue weighted by molar-refractivity contribution is 5.05. The van der Waals surface area contributed by atoms with Crippen LogP contribution in [-0.2, 0) is 0 Å². The molecule has 0 aromatic heterocycles. The van der Waals surface area contributed by atoms with Gasteiger partial charge in [0.25, 0.3) is 0 Å². The summed E-state index contributed by atoms with van der Waals surface area (Å²) in [5.41, 5.74) is 4.40. The lowest BCUT2D eigenvalue weighted by Gasteiger charge is -2.13. The van der Waals surface area contributed by atoms with E-state index >= 15 is 0 Å². The Balaban J connectivity index is 4.03. The summed E-state index contributed by atoms with van der Waals surface area (Å²) in [6, 6.07) is 0. The van der Waals surface area contributed by atoms with Crippen molar-refractivity contribution < 1.29 is 17.6 Å². The Morgan fingerprint density at radius 3 is 2.18 bits per heavy atom. The van der Waals surface area contributed by atoms with Crippen LogP contribution in [0, 0.1) is 0 Å². The van der Waals surface area contributed by atoms with Crippen LogP contribution in [0.2, 0.25) is 0 Å². The maximum absolute atomic E-state index is 12.2. The second kappa shape index (κ2) is 3.71. The van der Waals surface area contributed by atoms with E-state index in [1.807, 2.05) is 0 Å². The maximum atomic E-state index is 12.2. The SMILES string of the molecule is C=C(CCN)C(F)C(F)(F)F. The molecule has 0 aromatic carbocycles. The topological polar surface area (TPSA) is 26.0 Å². The average Bonchev–Trinajstić information content (AvgIpc) is 1.85. The minimum Gasteiger partial charge on any atom is -0.330 e. The Morgan fingerprint density at radius 1 is 1.45 bits per heavy atom. The largest absolute Gasteiger partial charge is 0.423 e. The van der Waals surface area contributed by atoms with Gasteiger partial charge in [0.2, 0.25) is 6.17 Å². The quantitative estimate of drug-likeness (QED) is 0.508. The maximum Gasteiger partial charge on any atom is 0.423 e. The van der Waals surface area contributed by atoms with Crippen molar-refractivity contribution in [1.29, 1.82) is 0 Å². The Kier molecular flexibility index (Phi) is 3.51. The van der Waals surface area contributed by atoms with Gasteiger partial charge in [-0.25, -0.2) is 4.39 Å². The highest BCUT2D eigenvalue weighted by Gasteiger charge is 2.41. The van der Waals surface area contributed by atoms with Gasteiger partial charge < -0.3 is 5.73 Å². The fourth-order valence-corrected chi connectivity index (χ4v) is 0.544.